The molecule has 3 rings (SSSR count). The first-order valence-electron chi connectivity index (χ1n) is 8.38. The van der Waals surface area contributed by atoms with Gasteiger partial charge in [0.15, 0.2) is 5.69 Å². The molecule has 2 heterocycles. The van der Waals surface area contributed by atoms with E-state index in [4.69, 9.17) is 5.73 Å². The van der Waals surface area contributed by atoms with Crippen molar-refractivity contribution < 1.29 is 18.0 Å². The molecular formula is C19H17F3N4O2. The van der Waals surface area contributed by atoms with E-state index >= 15 is 0 Å². The van der Waals surface area contributed by atoms with Crippen molar-refractivity contribution in [2.24, 2.45) is 5.73 Å². The predicted octanol–water partition coefficient (Wildman–Crippen LogP) is 2.41. The molecule has 1 aromatic carbocycles. The highest BCUT2D eigenvalue weighted by Gasteiger charge is 2.33. The number of hydrogen-bond donors (Lipinski definition) is 1. The van der Waals surface area contributed by atoms with Crippen molar-refractivity contribution in [3.63, 3.8) is 0 Å². The van der Waals surface area contributed by atoms with Crippen LogP contribution >= 0.6 is 0 Å². The van der Waals surface area contributed by atoms with Gasteiger partial charge in [0.25, 0.3) is 11.5 Å². The van der Waals surface area contributed by atoms with Crippen LogP contribution in [-0.4, -0.2) is 40.3 Å². The number of halogens is 3. The van der Waals surface area contributed by atoms with E-state index in [1.54, 1.807) is 43.4 Å². The third kappa shape index (κ3) is 3.74. The van der Waals surface area contributed by atoms with Crippen LogP contribution in [-0.2, 0) is 6.18 Å². The highest BCUT2D eigenvalue weighted by atomic mass is 19.4. The van der Waals surface area contributed by atoms with Gasteiger partial charge in [-0.25, -0.2) is 4.98 Å². The van der Waals surface area contributed by atoms with Crippen LogP contribution in [0, 0.1) is 0 Å². The lowest BCUT2D eigenvalue weighted by Crippen LogP contribution is -2.31. The number of rotatable bonds is 4. The molecule has 0 aliphatic rings. The van der Waals surface area contributed by atoms with E-state index in [-0.39, 0.29) is 11.6 Å². The van der Waals surface area contributed by atoms with E-state index < -0.39 is 17.4 Å². The van der Waals surface area contributed by atoms with Crippen LogP contribution < -0.4 is 11.3 Å². The largest absolute Gasteiger partial charge is 0.433 e. The Morgan fingerprint density at radius 3 is 2.50 bits per heavy atom. The minimum absolute atomic E-state index is 0.110. The lowest BCUT2D eigenvalue weighted by molar-refractivity contribution is -0.141. The molecule has 0 spiro atoms. The van der Waals surface area contributed by atoms with Crippen molar-refractivity contribution in [1.29, 1.82) is 0 Å². The van der Waals surface area contributed by atoms with E-state index in [2.05, 4.69) is 4.98 Å². The Hall–Kier alpha value is -3.20. The van der Waals surface area contributed by atoms with Crippen LogP contribution in [0.4, 0.5) is 13.2 Å². The molecule has 0 radical (unpaired) electrons. The fraction of sp³-hybridized carbons (Fsp3) is 0.211. The normalized spacial score (nSPS) is 11.6. The van der Waals surface area contributed by atoms with Gasteiger partial charge < -0.3 is 10.6 Å². The molecule has 9 heteroatoms. The molecule has 0 aliphatic heterocycles. The van der Waals surface area contributed by atoms with Crippen LogP contribution in [0.5, 0.6) is 0 Å². The zero-order valence-corrected chi connectivity index (χ0v) is 14.9. The number of benzene rings is 1. The Bertz CT molecular complexity index is 1080. The molecule has 0 atom stereocenters. The summed E-state index contributed by atoms with van der Waals surface area (Å²) in [5, 5.41) is 0. The van der Waals surface area contributed by atoms with Gasteiger partial charge in [0, 0.05) is 43.5 Å². The first kappa shape index (κ1) is 19.6. The standard InChI is InChI=1S/C19H17F3N4O2/c1-25(10-8-23)18(28)13-6-4-12(5-7-13)14-3-2-9-26-16(27)11-15(19(20,21)22)24-17(14)26/h2-7,9,11H,8,10,23H2,1H3. The predicted molar refractivity (Wildman–Crippen MR) is 97.9 cm³/mol. The molecule has 2 N–H and O–H groups in total. The molecule has 146 valence electrons. The van der Waals surface area contributed by atoms with Gasteiger partial charge >= 0.3 is 6.18 Å². The van der Waals surface area contributed by atoms with Crippen molar-refractivity contribution in [3.8, 4) is 11.1 Å². The molecule has 3 aromatic rings. The average molecular weight is 390 g/mol. The third-order valence-electron chi connectivity index (χ3n) is 4.24. The van der Waals surface area contributed by atoms with Crippen LogP contribution in [0.25, 0.3) is 16.8 Å². The second-order valence-corrected chi connectivity index (χ2v) is 6.19. The molecule has 0 saturated carbocycles. The van der Waals surface area contributed by atoms with Crippen LogP contribution in [0.2, 0.25) is 0 Å². The summed E-state index contributed by atoms with van der Waals surface area (Å²) in [6, 6.07) is 9.92. The number of carbonyl (C=O) groups is 1. The fourth-order valence-electron chi connectivity index (χ4n) is 2.80. The second-order valence-electron chi connectivity index (χ2n) is 6.19. The number of nitrogens with two attached hydrogens (primary N) is 1. The summed E-state index contributed by atoms with van der Waals surface area (Å²) in [5.74, 6) is -0.219. The first-order chi connectivity index (χ1) is 13.2. The monoisotopic (exact) mass is 390 g/mol. The Morgan fingerprint density at radius 2 is 1.89 bits per heavy atom. The van der Waals surface area contributed by atoms with Gasteiger partial charge in [0.05, 0.1) is 0 Å². The van der Waals surface area contributed by atoms with E-state index in [0.717, 1.165) is 4.40 Å². The second kappa shape index (κ2) is 7.43. The molecule has 28 heavy (non-hydrogen) atoms. The summed E-state index contributed by atoms with van der Waals surface area (Å²) in [4.78, 5) is 29.5. The van der Waals surface area contributed by atoms with Crippen molar-refractivity contribution in [1.82, 2.24) is 14.3 Å². The zero-order chi connectivity index (χ0) is 20.5. The van der Waals surface area contributed by atoms with E-state index in [0.29, 0.717) is 35.8 Å². The number of hydrogen-bond acceptors (Lipinski definition) is 4. The zero-order valence-electron chi connectivity index (χ0n) is 14.9. The van der Waals surface area contributed by atoms with E-state index in [1.807, 2.05) is 0 Å². The maximum absolute atomic E-state index is 13.0. The number of carbonyl (C=O) groups excluding carboxylic acids is 1. The Kier molecular flexibility index (Phi) is 5.19. The molecule has 2 aromatic heterocycles. The maximum Gasteiger partial charge on any atom is 0.433 e. The van der Waals surface area contributed by atoms with Crippen molar-refractivity contribution in [2.45, 2.75) is 6.18 Å². The SMILES string of the molecule is CN(CCN)C(=O)c1ccc(-c2cccn3c(=O)cc(C(F)(F)F)nc23)cc1. The quantitative estimate of drug-likeness (QED) is 0.742. The topological polar surface area (TPSA) is 80.7 Å². The van der Waals surface area contributed by atoms with Crippen LogP contribution in [0.3, 0.4) is 0 Å². The van der Waals surface area contributed by atoms with Crippen molar-refractivity contribution >= 4 is 11.6 Å². The molecular weight excluding hydrogens is 373 g/mol. The molecule has 0 saturated heterocycles. The average Bonchev–Trinajstić information content (AvgIpc) is 2.66. The Labute approximate surface area is 158 Å². The summed E-state index contributed by atoms with van der Waals surface area (Å²) in [6.45, 7) is 0.731. The molecule has 0 fully saturated rings. The summed E-state index contributed by atoms with van der Waals surface area (Å²) < 4.78 is 40.2. The number of amides is 1. The van der Waals surface area contributed by atoms with Crippen LogP contribution in [0.15, 0.2) is 53.5 Å². The third-order valence-corrected chi connectivity index (χ3v) is 4.24. The smallest absolute Gasteiger partial charge is 0.340 e. The molecule has 0 bridgehead atoms. The van der Waals surface area contributed by atoms with Gasteiger partial charge in [-0.05, 0) is 29.8 Å². The van der Waals surface area contributed by atoms with Crippen molar-refractivity contribution in [2.75, 3.05) is 20.1 Å². The summed E-state index contributed by atoms with van der Waals surface area (Å²) in [6.07, 6.45) is -3.38. The molecule has 6 nitrogen and oxygen atoms in total. The molecule has 1 amide bonds. The van der Waals surface area contributed by atoms with Gasteiger partial charge in [0.1, 0.15) is 5.65 Å². The van der Waals surface area contributed by atoms with Gasteiger partial charge in [-0.3, -0.25) is 14.0 Å². The van der Waals surface area contributed by atoms with E-state index in [9.17, 15) is 22.8 Å². The lowest BCUT2D eigenvalue weighted by Gasteiger charge is -2.16. The number of nitrogens with zero attached hydrogens (tertiary/aromatic N) is 3. The lowest BCUT2D eigenvalue weighted by atomic mass is 10.0. The van der Waals surface area contributed by atoms with Gasteiger partial charge in [0.2, 0.25) is 0 Å². The van der Waals surface area contributed by atoms with Gasteiger partial charge in [-0.15, -0.1) is 0 Å². The number of fused-ring (bicyclic) bond motifs is 1. The fourth-order valence-corrected chi connectivity index (χ4v) is 2.80. The Morgan fingerprint density at radius 1 is 1.21 bits per heavy atom. The number of pyridine rings is 1. The summed E-state index contributed by atoms with van der Waals surface area (Å²) >= 11 is 0. The maximum atomic E-state index is 13.0. The molecule has 0 aliphatic carbocycles. The highest BCUT2D eigenvalue weighted by molar-refractivity contribution is 5.94. The number of aromatic nitrogens is 2. The number of alkyl halides is 3. The molecule has 0 unspecified atom stereocenters. The first-order valence-corrected chi connectivity index (χ1v) is 8.38. The minimum Gasteiger partial charge on any atom is -0.340 e. The number of likely N-dealkylation sites (N-methyl/N-ethyl adjacent to an activating group) is 1. The van der Waals surface area contributed by atoms with Crippen LogP contribution in [0.1, 0.15) is 16.1 Å². The van der Waals surface area contributed by atoms with E-state index in [1.165, 1.54) is 11.1 Å². The summed E-state index contributed by atoms with van der Waals surface area (Å²) in [7, 11) is 1.63. The van der Waals surface area contributed by atoms with Gasteiger partial charge in [-0.2, -0.15) is 13.2 Å². The minimum atomic E-state index is -4.73. The summed E-state index contributed by atoms with van der Waals surface area (Å²) in [5.41, 5.74) is 4.56. The van der Waals surface area contributed by atoms with Crippen molar-refractivity contribution in [3.05, 3.63) is 70.3 Å². The highest BCUT2D eigenvalue weighted by Crippen LogP contribution is 2.29. The Balaban J connectivity index is 2.08. The van der Waals surface area contributed by atoms with Gasteiger partial charge in [-0.1, -0.05) is 12.1 Å².